The van der Waals surface area contributed by atoms with E-state index in [0.717, 1.165) is 0 Å². The van der Waals surface area contributed by atoms with Gasteiger partial charge in [0.15, 0.2) is 12.6 Å². The van der Waals surface area contributed by atoms with Crippen molar-refractivity contribution in [2.45, 2.75) is 12.6 Å². The summed E-state index contributed by atoms with van der Waals surface area (Å²) in [5.74, 6) is 0.339. The molecule has 0 aliphatic rings. The van der Waals surface area contributed by atoms with Crippen molar-refractivity contribution < 1.29 is 35.4 Å². The van der Waals surface area contributed by atoms with Gasteiger partial charge in [0.2, 0.25) is 0 Å². The summed E-state index contributed by atoms with van der Waals surface area (Å²) < 4.78 is 4.36. The van der Waals surface area contributed by atoms with Crippen LogP contribution in [0.25, 0.3) is 0 Å². The van der Waals surface area contributed by atoms with Crippen LogP contribution in [0, 0.1) is 0 Å². The van der Waals surface area contributed by atoms with E-state index >= 15 is 0 Å². The highest BCUT2D eigenvalue weighted by Crippen LogP contribution is 2.13. The fraction of sp³-hybridized carbons (Fsp3) is 0.500. The standard InChI is InChI=1S/C6H6O2.C4H10O5.C2H8N2/c7-5-1-2-6(8)4-3-5;5-3(6)1-9-2-4(7)8;3-1-2-4/h1-4,7-8H;3-8H,1-2H2;1-4H2. The summed E-state index contributed by atoms with van der Waals surface area (Å²) in [7, 11) is 0. The van der Waals surface area contributed by atoms with E-state index < -0.39 is 12.6 Å². The molecule has 21 heavy (non-hydrogen) atoms. The van der Waals surface area contributed by atoms with Gasteiger partial charge in [-0.3, -0.25) is 0 Å². The second-order valence-electron chi connectivity index (χ2n) is 3.59. The smallest absolute Gasteiger partial charge is 0.175 e. The summed E-state index contributed by atoms with van der Waals surface area (Å²) in [5, 5.41) is 49.8. The Morgan fingerprint density at radius 2 is 1.05 bits per heavy atom. The van der Waals surface area contributed by atoms with Crippen molar-refractivity contribution in [3.8, 4) is 11.5 Å². The number of phenolic OH excluding ortho intramolecular Hbond substituents is 2. The van der Waals surface area contributed by atoms with E-state index in [0.29, 0.717) is 13.1 Å². The summed E-state index contributed by atoms with van der Waals surface area (Å²) in [4.78, 5) is 0. The van der Waals surface area contributed by atoms with Crippen molar-refractivity contribution >= 4 is 0 Å². The molecule has 124 valence electrons. The molecule has 0 aromatic heterocycles. The molecule has 0 atom stereocenters. The average Bonchev–Trinajstić information content (AvgIpc) is 2.42. The molecule has 1 aromatic carbocycles. The normalized spacial score (nSPS) is 9.71. The average molecular weight is 308 g/mol. The highest BCUT2D eigenvalue weighted by molar-refractivity contribution is 5.28. The molecule has 0 amide bonds. The van der Waals surface area contributed by atoms with E-state index in [1.807, 2.05) is 0 Å². The van der Waals surface area contributed by atoms with Crippen LogP contribution in [0.4, 0.5) is 0 Å². The minimum absolute atomic E-state index is 0.169. The van der Waals surface area contributed by atoms with Gasteiger partial charge in [-0.2, -0.15) is 0 Å². The predicted octanol–water partition coefficient (Wildman–Crippen LogP) is -2.37. The van der Waals surface area contributed by atoms with E-state index in [9.17, 15) is 0 Å². The van der Waals surface area contributed by atoms with Crippen LogP contribution in [0.3, 0.4) is 0 Å². The molecule has 10 N–H and O–H groups in total. The van der Waals surface area contributed by atoms with Crippen molar-refractivity contribution in [1.82, 2.24) is 0 Å². The Labute approximate surface area is 122 Å². The zero-order valence-corrected chi connectivity index (χ0v) is 11.5. The summed E-state index contributed by atoms with van der Waals surface area (Å²) in [6, 6.07) is 5.70. The Bertz CT molecular complexity index is 289. The minimum atomic E-state index is -1.55. The molecule has 0 aliphatic heterocycles. The minimum Gasteiger partial charge on any atom is -0.508 e. The number of hydrogen-bond acceptors (Lipinski definition) is 9. The SMILES string of the molecule is NCCN.OC(O)COCC(O)O.Oc1ccc(O)cc1. The van der Waals surface area contributed by atoms with E-state index in [2.05, 4.69) is 4.74 Å². The Morgan fingerprint density at radius 1 is 0.762 bits per heavy atom. The maximum Gasteiger partial charge on any atom is 0.175 e. The number of ether oxygens (including phenoxy) is 1. The van der Waals surface area contributed by atoms with E-state index in [4.69, 9.17) is 42.1 Å². The van der Waals surface area contributed by atoms with Crippen LogP contribution >= 0.6 is 0 Å². The fourth-order valence-corrected chi connectivity index (χ4v) is 0.731. The lowest BCUT2D eigenvalue weighted by atomic mass is 10.3. The molecule has 9 heteroatoms. The fourth-order valence-electron chi connectivity index (χ4n) is 0.731. The van der Waals surface area contributed by atoms with Gasteiger partial charge in [0.05, 0.1) is 13.2 Å². The van der Waals surface area contributed by atoms with E-state index in [1.165, 1.54) is 24.3 Å². The van der Waals surface area contributed by atoms with Crippen LogP contribution < -0.4 is 11.5 Å². The van der Waals surface area contributed by atoms with Crippen molar-refractivity contribution in [1.29, 1.82) is 0 Å². The number of rotatable bonds is 5. The molecular weight excluding hydrogens is 284 g/mol. The molecule has 0 saturated carbocycles. The Kier molecular flexibility index (Phi) is 15.5. The molecule has 0 radical (unpaired) electrons. The largest absolute Gasteiger partial charge is 0.508 e. The van der Waals surface area contributed by atoms with Crippen LogP contribution in [0.1, 0.15) is 0 Å². The van der Waals surface area contributed by atoms with Crippen LogP contribution in [0.15, 0.2) is 24.3 Å². The first-order chi connectivity index (χ1) is 9.83. The highest BCUT2D eigenvalue weighted by atomic mass is 16.6. The van der Waals surface area contributed by atoms with Gasteiger partial charge < -0.3 is 46.8 Å². The quantitative estimate of drug-likeness (QED) is 0.217. The summed E-state index contributed by atoms with van der Waals surface area (Å²) in [6.07, 6.45) is -3.10. The predicted molar refractivity (Wildman–Crippen MR) is 75.2 cm³/mol. The molecule has 0 unspecified atom stereocenters. The number of aliphatic hydroxyl groups is 4. The summed E-state index contributed by atoms with van der Waals surface area (Å²) >= 11 is 0. The molecule has 0 bridgehead atoms. The summed E-state index contributed by atoms with van der Waals surface area (Å²) in [6.45, 7) is 0.579. The maximum absolute atomic E-state index is 8.65. The third-order valence-electron chi connectivity index (χ3n) is 1.55. The zero-order valence-electron chi connectivity index (χ0n) is 11.5. The van der Waals surface area contributed by atoms with Gasteiger partial charge in [-0.15, -0.1) is 0 Å². The molecule has 0 spiro atoms. The molecule has 0 fully saturated rings. The molecule has 9 nitrogen and oxygen atoms in total. The van der Waals surface area contributed by atoms with Gasteiger partial charge in [0.1, 0.15) is 11.5 Å². The first-order valence-corrected chi connectivity index (χ1v) is 6.01. The monoisotopic (exact) mass is 308 g/mol. The number of benzene rings is 1. The second-order valence-corrected chi connectivity index (χ2v) is 3.59. The number of nitrogens with two attached hydrogens (primary N) is 2. The third kappa shape index (κ3) is 21.0. The first kappa shape index (κ1) is 21.8. The lowest BCUT2D eigenvalue weighted by Gasteiger charge is -2.05. The molecular formula is C12H24N2O7. The lowest BCUT2D eigenvalue weighted by Crippen LogP contribution is -2.20. The molecule has 1 rings (SSSR count). The number of hydrogen-bond donors (Lipinski definition) is 8. The first-order valence-electron chi connectivity index (χ1n) is 6.01. The molecule has 0 heterocycles. The molecule has 0 aliphatic carbocycles. The van der Waals surface area contributed by atoms with Crippen molar-refractivity contribution in [3.05, 3.63) is 24.3 Å². The molecule has 0 saturated heterocycles. The maximum atomic E-state index is 8.65. The van der Waals surface area contributed by atoms with Gasteiger partial charge in [0, 0.05) is 13.1 Å². The van der Waals surface area contributed by atoms with Gasteiger partial charge in [-0.05, 0) is 24.3 Å². The number of aliphatic hydroxyl groups excluding tert-OH is 2. The van der Waals surface area contributed by atoms with Crippen LogP contribution in [-0.2, 0) is 4.74 Å². The van der Waals surface area contributed by atoms with Crippen molar-refractivity contribution in [2.75, 3.05) is 26.3 Å². The Hall–Kier alpha value is -1.46. The summed E-state index contributed by atoms with van der Waals surface area (Å²) in [5.41, 5.74) is 9.81. The van der Waals surface area contributed by atoms with Gasteiger partial charge in [0.25, 0.3) is 0 Å². The van der Waals surface area contributed by atoms with Crippen LogP contribution in [0.5, 0.6) is 11.5 Å². The van der Waals surface area contributed by atoms with Crippen LogP contribution in [0.2, 0.25) is 0 Å². The number of aromatic hydroxyl groups is 2. The van der Waals surface area contributed by atoms with Crippen molar-refractivity contribution in [2.24, 2.45) is 11.5 Å². The lowest BCUT2D eigenvalue weighted by molar-refractivity contribution is -0.138. The van der Waals surface area contributed by atoms with Gasteiger partial charge >= 0.3 is 0 Å². The topological polar surface area (TPSA) is 183 Å². The second kappa shape index (κ2) is 14.9. The number of phenols is 2. The Morgan fingerprint density at radius 3 is 1.24 bits per heavy atom. The van der Waals surface area contributed by atoms with Gasteiger partial charge in [-0.25, -0.2) is 0 Å². The van der Waals surface area contributed by atoms with E-state index in [-0.39, 0.29) is 24.7 Å². The molecule has 1 aromatic rings. The van der Waals surface area contributed by atoms with Gasteiger partial charge in [-0.1, -0.05) is 0 Å². The zero-order chi connectivity index (χ0) is 16.7. The van der Waals surface area contributed by atoms with Crippen LogP contribution in [-0.4, -0.2) is 69.5 Å². The van der Waals surface area contributed by atoms with Crippen molar-refractivity contribution in [3.63, 3.8) is 0 Å². The van der Waals surface area contributed by atoms with E-state index in [1.54, 1.807) is 0 Å². The highest BCUT2D eigenvalue weighted by Gasteiger charge is 1.99. The Balaban J connectivity index is 0. The third-order valence-corrected chi connectivity index (χ3v) is 1.55.